The lowest BCUT2D eigenvalue weighted by molar-refractivity contribution is 0.588. The van der Waals surface area contributed by atoms with E-state index in [4.69, 9.17) is 5.73 Å². The lowest BCUT2D eigenvalue weighted by Crippen LogP contribution is -2.20. The van der Waals surface area contributed by atoms with Gasteiger partial charge in [-0.3, -0.25) is 4.21 Å². The zero-order valence-electron chi connectivity index (χ0n) is 11.0. The highest BCUT2D eigenvalue weighted by molar-refractivity contribution is 7.89. The van der Waals surface area contributed by atoms with E-state index in [2.05, 4.69) is 10.0 Å². The third kappa shape index (κ3) is 4.81. The monoisotopic (exact) mass is 305 g/mol. The molecule has 0 saturated heterocycles. The molecule has 0 aliphatic rings. The lowest BCUT2D eigenvalue weighted by atomic mass is 10.3. The Labute approximate surface area is 116 Å². The van der Waals surface area contributed by atoms with Gasteiger partial charge in [-0.15, -0.1) is 0 Å². The summed E-state index contributed by atoms with van der Waals surface area (Å²) in [7, 11) is -3.05. The van der Waals surface area contributed by atoms with E-state index in [0.29, 0.717) is 30.1 Å². The van der Waals surface area contributed by atoms with Crippen molar-refractivity contribution in [1.29, 1.82) is 0 Å². The summed E-state index contributed by atoms with van der Waals surface area (Å²) >= 11 is 0. The Balaban J connectivity index is 2.86. The van der Waals surface area contributed by atoms with Crippen molar-refractivity contribution in [2.75, 3.05) is 36.7 Å². The molecule has 0 bridgehead atoms. The van der Waals surface area contributed by atoms with Gasteiger partial charge in [0.25, 0.3) is 0 Å². The van der Waals surface area contributed by atoms with E-state index in [0.717, 1.165) is 0 Å². The van der Waals surface area contributed by atoms with Crippen molar-refractivity contribution in [3.05, 3.63) is 18.2 Å². The van der Waals surface area contributed by atoms with Gasteiger partial charge in [0.05, 0.1) is 5.69 Å². The minimum atomic E-state index is -3.56. The molecule has 19 heavy (non-hydrogen) atoms. The van der Waals surface area contributed by atoms with Crippen molar-refractivity contribution in [2.45, 2.75) is 11.3 Å². The van der Waals surface area contributed by atoms with E-state index in [9.17, 15) is 12.6 Å². The summed E-state index contributed by atoms with van der Waals surface area (Å²) in [5.74, 6) is 0.579. The molecule has 6 nitrogen and oxygen atoms in total. The van der Waals surface area contributed by atoms with Gasteiger partial charge < -0.3 is 11.1 Å². The number of nitrogens with one attached hydrogen (secondary N) is 2. The second-order valence-electron chi connectivity index (χ2n) is 4.02. The molecule has 0 aliphatic carbocycles. The van der Waals surface area contributed by atoms with Crippen LogP contribution in [0.4, 0.5) is 11.4 Å². The Bertz CT molecular complexity index is 558. The summed E-state index contributed by atoms with van der Waals surface area (Å²) in [5.41, 5.74) is 6.49. The topological polar surface area (TPSA) is 101 Å². The number of nitrogens with two attached hydrogens (primary N) is 1. The van der Waals surface area contributed by atoms with Crippen LogP contribution in [-0.4, -0.2) is 38.2 Å². The van der Waals surface area contributed by atoms with Crippen LogP contribution in [0.15, 0.2) is 23.1 Å². The van der Waals surface area contributed by atoms with E-state index in [1.807, 2.05) is 0 Å². The molecule has 1 unspecified atom stereocenters. The van der Waals surface area contributed by atoms with Crippen molar-refractivity contribution in [2.24, 2.45) is 0 Å². The third-order valence-electron chi connectivity index (χ3n) is 2.49. The van der Waals surface area contributed by atoms with Crippen LogP contribution in [0.1, 0.15) is 6.42 Å². The van der Waals surface area contributed by atoms with Crippen molar-refractivity contribution in [3.63, 3.8) is 0 Å². The third-order valence-corrected chi connectivity index (χ3v) is 4.81. The van der Waals surface area contributed by atoms with Crippen LogP contribution in [0, 0.1) is 0 Å². The summed E-state index contributed by atoms with van der Waals surface area (Å²) in [6.45, 7) is 0.551. The molecule has 4 N–H and O–H groups in total. The van der Waals surface area contributed by atoms with E-state index < -0.39 is 20.8 Å². The summed E-state index contributed by atoms with van der Waals surface area (Å²) in [5, 5.41) is 3.03. The van der Waals surface area contributed by atoms with E-state index in [1.165, 1.54) is 13.1 Å². The van der Waals surface area contributed by atoms with Crippen molar-refractivity contribution < 1.29 is 12.6 Å². The number of benzene rings is 1. The number of sulfonamides is 1. The largest absolute Gasteiger partial charge is 0.399 e. The van der Waals surface area contributed by atoms with Crippen LogP contribution >= 0.6 is 0 Å². The first-order chi connectivity index (χ1) is 8.86. The highest BCUT2D eigenvalue weighted by atomic mass is 32.2. The first-order valence-corrected chi connectivity index (χ1v) is 8.95. The Hall–Kier alpha value is -1.12. The van der Waals surface area contributed by atoms with Crippen LogP contribution in [0.2, 0.25) is 0 Å². The molecule has 0 fully saturated rings. The predicted octanol–water partition coefficient (Wildman–Crippen LogP) is 0.357. The van der Waals surface area contributed by atoms with Crippen LogP contribution in [-0.2, 0) is 20.8 Å². The first-order valence-electron chi connectivity index (χ1n) is 5.74. The minimum absolute atomic E-state index is 0.118. The molecule has 0 spiro atoms. The maximum atomic E-state index is 11.9. The Morgan fingerprint density at radius 2 is 2.05 bits per heavy atom. The molecule has 0 radical (unpaired) electrons. The molecule has 0 amide bonds. The van der Waals surface area contributed by atoms with E-state index in [-0.39, 0.29) is 4.90 Å². The summed E-state index contributed by atoms with van der Waals surface area (Å²) < 4.78 is 36.9. The lowest BCUT2D eigenvalue weighted by Gasteiger charge is -2.12. The van der Waals surface area contributed by atoms with Crippen LogP contribution in [0.3, 0.4) is 0 Å². The average molecular weight is 305 g/mol. The van der Waals surface area contributed by atoms with Gasteiger partial charge in [-0.2, -0.15) is 0 Å². The van der Waals surface area contributed by atoms with Gasteiger partial charge >= 0.3 is 0 Å². The van der Waals surface area contributed by atoms with Gasteiger partial charge in [0.15, 0.2) is 0 Å². The van der Waals surface area contributed by atoms with Crippen LogP contribution in [0.25, 0.3) is 0 Å². The normalized spacial score (nSPS) is 13.2. The smallest absolute Gasteiger partial charge is 0.242 e. The fourth-order valence-corrected chi connectivity index (χ4v) is 3.01. The molecule has 108 valence electrons. The fourth-order valence-electron chi connectivity index (χ4n) is 1.52. The zero-order valence-corrected chi connectivity index (χ0v) is 12.6. The SMILES string of the molecule is CNS(=O)(=O)c1cc(N)ccc1NCCCS(C)=O. The summed E-state index contributed by atoms with van der Waals surface area (Å²) in [4.78, 5) is 0.118. The van der Waals surface area contributed by atoms with Gasteiger partial charge in [0.2, 0.25) is 10.0 Å². The number of hydrogen-bond acceptors (Lipinski definition) is 5. The zero-order chi connectivity index (χ0) is 14.5. The minimum Gasteiger partial charge on any atom is -0.399 e. The van der Waals surface area contributed by atoms with Gasteiger partial charge in [-0.25, -0.2) is 13.1 Å². The van der Waals surface area contributed by atoms with Gasteiger partial charge in [-0.1, -0.05) is 0 Å². The second-order valence-corrected chi connectivity index (χ2v) is 7.43. The summed E-state index contributed by atoms with van der Waals surface area (Å²) in [6, 6.07) is 4.67. The van der Waals surface area contributed by atoms with E-state index in [1.54, 1.807) is 18.4 Å². The van der Waals surface area contributed by atoms with Gasteiger partial charge in [0, 0.05) is 35.0 Å². The number of nitrogen functional groups attached to an aromatic ring is 1. The molecular weight excluding hydrogens is 286 g/mol. The molecule has 1 aromatic carbocycles. The van der Waals surface area contributed by atoms with Crippen LogP contribution in [0.5, 0.6) is 0 Å². The second kappa shape index (κ2) is 6.88. The Morgan fingerprint density at radius 1 is 1.37 bits per heavy atom. The summed E-state index contributed by atoms with van der Waals surface area (Å²) in [6.07, 6.45) is 2.34. The maximum absolute atomic E-state index is 11.9. The molecular formula is C11H19N3O3S2. The van der Waals surface area contributed by atoms with Gasteiger partial charge in [0.1, 0.15) is 4.90 Å². The number of hydrogen-bond donors (Lipinski definition) is 3. The fraction of sp³-hybridized carbons (Fsp3) is 0.455. The average Bonchev–Trinajstić information content (AvgIpc) is 2.35. The maximum Gasteiger partial charge on any atom is 0.242 e. The highest BCUT2D eigenvalue weighted by Gasteiger charge is 2.16. The molecule has 0 saturated carbocycles. The van der Waals surface area contributed by atoms with E-state index >= 15 is 0 Å². The van der Waals surface area contributed by atoms with Crippen molar-refractivity contribution >= 4 is 32.2 Å². The molecule has 0 aromatic heterocycles. The first kappa shape index (κ1) is 15.9. The molecule has 8 heteroatoms. The Kier molecular flexibility index (Phi) is 5.77. The number of anilines is 2. The predicted molar refractivity (Wildman–Crippen MR) is 79.1 cm³/mol. The molecule has 1 rings (SSSR count). The highest BCUT2D eigenvalue weighted by Crippen LogP contribution is 2.23. The molecule has 0 heterocycles. The standard InChI is InChI=1S/C11H19N3O3S2/c1-13-19(16,17)11-8-9(12)4-5-10(11)14-6-3-7-18(2)15/h4-5,8,13-14H,3,6-7,12H2,1-2H3. The Morgan fingerprint density at radius 3 is 2.63 bits per heavy atom. The van der Waals surface area contributed by atoms with Gasteiger partial charge in [-0.05, 0) is 31.7 Å². The van der Waals surface area contributed by atoms with Crippen molar-refractivity contribution in [3.8, 4) is 0 Å². The quantitative estimate of drug-likeness (QED) is 0.499. The van der Waals surface area contributed by atoms with Crippen LogP contribution < -0.4 is 15.8 Å². The van der Waals surface area contributed by atoms with Crippen molar-refractivity contribution in [1.82, 2.24) is 4.72 Å². The number of rotatable bonds is 7. The molecule has 1 atom stereocenters. The molecule has 1 aromatic rings. The molecule has 0 aliphatic heterocycles.